The number of nitrogens with one attached hydrogen (secondary N) is 1. The van der Waals surface area contributed by atoms with Gasteiger partial charge in [-0.05, 0) is 37.7 Å². The smallest absolute Gasteiger partial charge is 0.333 e. The lowest BCUT2D eigenvalue weighted by Gasteiger charge is -2.14. The lowest BCUT2D eigenvalue weighted by molar-refractivity contribution is -0.121. The van der Waals surface area contributed by atoms with Gasteiger partial charge < -0.3 is 14.6 Å². The molecule has 3 aromatic rings. The van der Waals surface area contributed by atoms with Crippen LogP contribution in [-0.2, 0) is 29.2 Å². The van der Waals surface area contributed by atoms with Gasteiger partial charge >= 0.3 is 5.69 Å². The fourth-order valence-corrected chi connectivity index (χ4v) is 4.34. The Morgan fingerprint density at radius 3 is 2.71 bits per heavy atom. The van der Waals surface area contributed by atoms with E-state index in [0.717, 1.165) is 29.4 Å². The predicted molar refractivity (Wildman–Crippen MR) is 130 cm³/mol. The van der Waals surface area contributed by atoms with Crippen molar-refractivity contribution in [2.75, 3.05) is 20.3 Å². The molecule has 2 aromatic heterocycles. The number of carbonyl (C=O) groups excluding carboxylic acids is 1. The lowest BCUT2D eigenvalue weighted by Crippen LogP contribution is -2.44. The predicted octanol–water partition coefficient (Wildman–Crippen LogP) is 2.06. The van der Waals surface area contributed by atoms with Crippen LogP contribution in [0.1, 0.15) is 37.7 Å². The van der Waals surface area contributed by atoms with Gasteiger partial charge in [0.25, 0.3) is 5.56 Å². The standard InChI is InChI=1S/C25H31N5O4/c1-34-15-14-28-18-27-23-22(28)24(32)30(25(33)29(23)16-20-10-6-3-7-11-20)17-21(31)26-13-12-19-8-4-2-5-9-19/h3,6-8,10-11,18H,2,4-5,9,12-17H2,1H3,(H,26,31). The Morgan fingerprint density at radius 1 is 1.15 bits per heavy atom. The van der Waals surface area contributed by atoms with Crippen LogP contribution >= 0.6 is 0 Å². The van der Waals surface area contributed by atoms with Gasteiger partial charge in [-0.3, -0.25) is 14.2 Å². The van der Waals surface area contributed by atoms with Crippen LogP contribution in [0, 0.1) is 0 Å². The Labute approximate surface area is 197 Å². The van der Waals surface area contributed by atoms with Gasteiger partial charge in [-0.25, -0.2) is 14.3 Å². The zero-order valence-corrected chi connectivity index (χ0v) is 19.5. The van der Waals surface area contributed by atoms with Gasteiger partial charge in [-0.2, -0.15) is 0 Å². The summed E-state index contributed by atoms with van der Waals surface area (Å²) in [7, 11) is 1.58. The van der Waals surface area contributed by atoms with Crippen LogP contribution in [0.25, 0.3) is 11.2 Å². The summed E-state index contributed by atoms with van der Waals surface area (Å²) in [4.78, 5) is 43.7. The van der Waals surface area contributed by atoms with Crippen LogP contribution in [0.4, 0.5) is 0 Å². The maximum atomic E-state index is 13.4. The van der Waals surface area contributed by atoms with Gasteiger partial charge in [0.05, 0.1) is 19.5 Å². The lowest BCUT2D eigenvalue weighted by atomic mass is 9.97. The highest BCUT2D eigenvalue weighted by Gasteiger charge is 2.20. The Bertz CT molecular complexity index is 1290. The van der Waals surface area contributed by atoms with Gasteiger partial charge in [0.15, 0.2) is 11.2 Å². The maximum absolute atomic E-state index is 13.4. The third kappa shape index (κ3) is 5.36. The van der Waals surface area contributed by atoms with Crippen LogP contribution in [0.15, 0.2) is 57.9 Å². The molecule has 4 rings (SSSR count). The molecule has 0 aliphatic heterocycles. The second-order valence-corrected chi connectivity index (χ2v) is 8.56. The van der Waals surface area contributed by atoms with Crippen molar-refractivity contribution in [1.82, 2.24) is 24.0 Å². The molecule has 1 aliphatic carbocycles. The molecule has 1 amide bonds. The Balaban J connectivity index is 1.63. The summed E-state index contributed by atoms with van der Waals surface area (Å²) in [6, 6.07) is 9.49. The number of hydrogen-bond donors (Lipinski definition) is 1. The molecule has 1 aliphatic rings. The van der Waals surface area contributed by atoms with E-state index in [1.807, 2.05) is 30.3 Å². The largest absolute Gasteiger partial charge is 0.383 e. The molecule has 0 fully saturated rings. The molecular formula is C25H31N5O4. The number of nitrogens with zero attached hydrogens (tertiary/aromatic N) is 4. The molecule has 1 N–H and O–H groups in total. The normalized spacial score (nSPS) is 13.7. The van der Waals surface area contributed by atoms with Crippen LogP contribution in [0.3, 0.4) is 0 Å². The molecule has 0 spiro atoms. The Kier molecular flexibility index (Phi) is 7.74. The highest BCUT2D eigenvalue weighted by atomic mass is 16.5. The summed E-state index contributed by atoms with van der Waals surface area (Å²) in [5.74, 6) is -0.357. The summed E-state index contributed by atoms with van der Waals surface area (Å²) in [6.45, 7) is 1.20. The fourth-order valence-electron chi connectivity index (χ4n) is 4.34. The molecule has 180 valence electrons. The van der Waals surface area contributed by atoms with Gasteiger partial charge in [-0.1, -0.05) is 42.0 Å². The average molecular weight is 466 g/mol. The van der Waals surface area contributed by atoms with Crippen molar-refractivity contribution in [3.63, 3.8) is 0 Å². The Hall–Kier alpha value is -3.46. The third-order valence-corrected chi connectivity index (χ3v) is 6.16. The van der Waals surface area contributed by atoms with Crippen LogP contribution < -0.4 is 16.6 Å². The Morgan fingerprint density at radius 2 is 1.97 bits per heavy atom. The first kappa shape index (κ1) is 23.7. The summed E-state index contributed by atoms with van der Waals surface area (Å²) in [5.41, 5.74) is 1.76. The molecule has 2 heterocycles. The number of benzene rings is 1. The van der Waals surface area contributed by atoms with Gasteiger partial charge in [-0.15, -0.1) is 0 Å². The number of fused-ring (bicyclic) bond motifs is 1. The number of imidazole rings is 1. The van der Waals surface area contributed by atoms with E-state index in [0.29, 0.717) is 25.3 Å². The minimum atomic E-state index is -0.552. The van der Waals surface area contributed by atoms with Crippen molar-refractivity contribution >= 4 is 17.1 Å². The second kappa shape index (κ2) is 11.1. The monoisotopic (exact) mass is 465 g/mol. The summed E-state index contributed by atoms with van der Waals surface area (Å²) in [5, 5.41) is 2.86. The number of amides is 1. The SMILES string of the molecule is COCCn1cnc2c1c(=O)n(CC(=O)NCCC1=CCCCC1)c(=O)n2Cc1ccccc1. The van der Waals surface area contributed by atoms with Gasteiger partial charge in [0.1, 0.15) is 6.54 Å². The minimum absolute atomic E-state index is 0.244. The molecule has 0 atom stereocenters. The van der Waals surface area contributed by atoms with Gasteiger partial charge in [0, 0.05) is 20.2 Å². The molecule has 0 saturated heterocycles. The molecule has 0 bridgehead atoms. The van der Waals surface area contributed by atoms with Crippen LogP contribution in [-0.4, -0.2) is 44.9 Å². The second-order valence-electron chi connectivity index (χ2n) is 8.56. The molecule has 0 unspecified atom stereocenters. The maximum Gasteiger partial charge on any atom is 0.333 e. The number of allylic oxidation sites excluding steroid dienone is 1. The number of ether oxygens (including phenoxy) is 1. The summed E-state index contributed by atoms with van der Waals surface area (Å²) >= 11 is 0. The molecule has 34 heavy (non-hydrogen) atoms. The topological polar surface area (TPSA) is 100 Å². The minimum Gasteiger partial charge on any atom is -0.383 e. The van der Waals surface area contributed by atoms with Crippen molar-refractivity contribution in [2.24, 2.45) is 0 Å². The highest BCUT2D eigenvalue weighted by Crippen LogP contribution is 2.19. The molecule has 0 saturated carbocycles. The van der Waals surface area contributed by atoms with E-state index in [1.54, 1.807) is 11.7 Å². The van der Waals surface area contributed by atoms with E-state index in [4.69, 9.17) is 4.74 Å². The first-order chi connectivity index (χ1) is 16.6. The van der Waals surface area contributed by atoms with E-state index in [1.165, 1.54) is 29.3 Å². The number of rotatable bonds is 10. The van der Waals surface area contributed by atoms with Crippen molar-refractivity contribution in [2.45, 2.75) is 51.7 Å². The zero-order valence-electron chi connectivity index (χ0n) is 19.5. The number of carbonyl (C=O) groups is 1. The van der Waals surface area contributed by atoms with E-state index in [9.17, 15) is 14.4 Å². The molecular weight excluding hydrogens is 434 g/mol. The van der Waals surface area contributed by atoms with Crippen LogP contribution in [0.5, 0.6) is 0 Å². The highest BCUT2D eigenvalue weighted by molar-refractivity contribution is 5.76. The van der Waals surface area contributed by atoms with E-state index in [2.05, 4.69) is 16.4 Å². The molecule has 1 aromatic carbocycles. The quantitative estimate of drug-likeness (QED) is 0.462. The number of methoxy groups -OCH3 is 1. The van der Waals surface area contributed by atoms with Crippen molar-refractivity contribution in [1.29, 1.82) is 0 Å². The fraction of sp³-hybridized carbons (Fsp3) is 0.440. The van der Waals surface area contributed by atoms with Crippen molar-refractivity contribution in [3.8, 4) is 0 Å². The van der Waals surface area contributed by atoms with E-state index in [-0.39, 0.29) is 24.5 Å². The third-order valence-electron chi connectivity index (χ3n) is 6.16. The van der Waals surface area contributed by atoms with E-state index >= 15 is 0 Å². The number of aromatic nitrogens is 4. The molecule has 9 heteroatoms. The zero-order chi connectivity index (χ0) is 23.9. The molecule has 9 nitrogen and oxygen atoms in total. The first-order valence-electron chi connectivity index (χ1n) is 11.7. The summed E-state index contributed by atoms with van der Waals surface area (Å²) < 4.78 is 9.28. The van der Waals surface area contributed by atoms with Crippen molar-refractivity contribution < 1.29 is 9.53 Å². The summed E-state index contributed by atoms with van der Waals surface area (Å²) in [6.07, 6.45) is 9.15. The average Bonchev–Trinajstić information content (AvgIpc) is 3.28. The van der Waals surface area contributed by atoms with Crippen molar-refractivity contribution in [3.05, 3.63) is 74.7 Å². The van der Waals surface area contributed by atoms with Gasteiger partial charge in [0.2, 0.25) is 5.91 Å². The molecule has 0 radical (unpaired) electrons. The number of hydrogen-bond acceptors (Lipinski definition) is 5. The first-order valence-corrected chi connectivity index (χ1v) is 11.7. The van der Waals surface area contributed by atoms with Crippen LogP contribution in [0.2, 0.25) is 0 Å². The van der Waals surface area contributed by atoms with E-state index < -0.39 is 11.2 Å².